The number of ether oxygens (including phenoxy) is 1. The van der Waals surface area contributed by atoms with Crippen LogP contribution in [0.3, 0.4) is 0 Å². The summed E-state index contributed by atoms with van der Waals surface area (Å²) in [7, 11) is 3.85. The van der Waals surface area contributed by atoms with Gasteiger partial charge in [0.05, 0.1) is 7.11 Å². The van der Waals surface area contributed by atoms with Gasteiger partial charge in [0, 0.05) is 12.6 Å². The molecule has 2 N–H and O–H groups in total. The first-order valence-electron chi connectivity index (χ1n) is 6.72. The molecule has 1 aromatic rings. The summed E-state index contributed by atoms with van der Waals surface area (Å²) in [5, 5.41) is 0. The van der Waals surface area contributed by atoms with Crippen LogP contribution in [0.2, 0.25) is 0 Å². The number of rotatable bonds is 8. The Bertz CT molecular complexity index is 324. The average molecular weight is 250 g/mol. The molecule has 0 saturated carbocycles. The van der Waals surface area contributed by atoms with E-state index in [0.717, 1.165) is 31.7 Å². The molecule has 0 radical (unpaired) electrons. The minimum atomic E-state index is 0.361. The van der Waals surface area contributed by atoms with E-state index in [1.807, 2.05) is 12.1 Å². The van der Waals surface area contributed by atoms with Gasteiger partial charge in [-0.2, -0.15) is 0 Å². The van der Waals surface area contributed by atoms with Crippen molar-refractivity contribution in [1.29, 1.82) is 0 Å². The number of benzene rings is 1. The molecule has 0 saturated heterocycles. The average Bonchev–Trinajstić information content (AvgIpc) is 2.39. The van der Waals surface area contributed by atoms with Crippen molar-refractivity contribution in [3.8, 4) is 5.75 Å². The lowest BCUT2D eigenvalue weighted by Gasteiger charge is -2.18. The zero-order valence-electron chi connectivity index (χ0n) is 11.9. The minimum Gasteiger partial charge on any atom is -0.497 e. The van der Waals surface area contributed by atoms with E-state index in [0.29, 0.717) is 6.04 Å². The predicted octanol–water partition coefficient (Wildman–Crippen LogP) is 2.64. The molecule has 3 heteroatoms. The summed E-state index contributed by atoms with van der Waals surface area (Å²) in [6.07, 6.45) is 3.35. The molecule has 1 atom stereocenters. The van der Waals surface area contributed by atoms with Gasteiger partial charge in [0.2, 0.25) is 0 Å². The fourth-order valence-electron chi connectivity index (χ4n) is 1.95. The van der Waals surface area contributed by atoms with Crippen molar-refractivity contribution in [2.24, 2.45) is 5.73 Å². The molecule has 0 aliphatic rings. The number of hydrogen-bond acceptors (Lipinski definition) is 3. The second-order valence-electron chi connectivity index (χ2n) is 4.90. The predicted molar refractivity (Wildman–Crippen MR) is 76.8 cm³/mol. The van der Waals surface area contributed by atoms with E-state index in [1.54, 1.807) is 7.11 Å². The first-order valence-corrected chi connectivity index (χ1v) is 6.72. The van der Waals surface area contributed by atoms with Crippen LogP contribution in [0.4, 0.5) is 0 Å². The highest BCUT2D eigenvalue weighted by Gasteiger charge is 2.03. The fourth-order valence-corrected chi connectivity index (χ4v) is 1.95. The van der Waals surface area contributed by atoms with Gasteiger partial charge in [-0.1, -0.05) is 19.1 Å². The Labute approximate surface area is 111 Å². The third kappa shape index (κ3) is 5.52. The molecular weight excluding hydrogens is 224 g/mol. The van der Waals surface area contributed by atoms with Gasteiger partial charge >= 0.3 is 0 Å². The quantitative estimate of drug-likeness (QED) is 0.771. The van der Waals surface area contributed by atoms with Crippen LogP contribution in [0.5, 0.6) is 5.75 Å². The highest BCUT2D eigenvalue weighted by Crippen LogP contribution is 2.12. The van der Waals surface area contributed by atoms with E-state index < -0.39 is 0 Å². The van der Waals surface area contributed by atoms with Crippen LogP contribution >= 0.6 is 0 Å². The van der Waals surface area contributed by atoms with E-state index >= 15 is 0 Å². The second-order valence-corrected chi connectivity index (χ2v) is 4.90. The van der Waals surface area contributed by atoms with E-state index in [2.05, 4.69) is 31.0 Å². The van der Waals surface area contributed by atoms with Gasteiger partial charge in [-0.25, -0.2) is 0 Å². The summed E-state index contributed by atoms with van der Waals surface area (Å²) in [6.45, 7) is 4.22. The maximum absolute atomic E-state index is 5.91. The largest absolute Gasteiger partial charge is 0.497 e. The zero-order valence-corrected chi connectivity index (χ0v) is 11.9. The lowest BCUT2D eigenvalue weighted by atomic mass is 10.1. The molecule has 0 fully saturated rings. The molecule has 0 aromatic heterocycles. The van der Waals surface area contributed by atoms with Crippen LogP contribution in [-0.2, 0) is 6.54 Å². The lowest BCUT2D eigenvalue weighted by molar-refractivity contribution is 0.313. The molecular formula is C15H26N2O. The van der Waals surface area contributed by atoms with Crippen molar-refractivity contribution >= 4 is 0 Å². The SMILES string of the molecule is CCC(N)CCCN(C)Cc1ccc(OC)cc1. The van der Waals surface area contributed by atoms with E-state index in [4.69, 9.17) is 10.5 Å². The maximum atomic E-state index is 5.91. The fraction of sp³-hybridized carbons (Fsp3) is 0.600. The van der Waals surface area contributed by atoms with E-state index in [9.17, 15) is 0 Å². The van der Waals surface area contributed by atoms with Crippen molar-refractivity contribution in [2.45, 2.75) is 38.8 Å². The highest BCUT2D eigenvalue weighted by molar-refractivity contribution is 5.26. The summed E-state index contributed by atoms with van der Waals surface area (Å²) in [6, 6.07) is 8.62. The van der Waals surface area contributed by atoms with Crippen molar-refractivity contribution in [3.05, 3.63) is 29.8 Å². The van der Waals surface area contributed by atoms with Crippen LogP contribution in [-0.4, -0.2) is 31.6 Å². The van der Waals surface area contributed by atoms with Gasteiger partial charge in [-0.3, -0.25) is 0 Å². The molecule has 3 nitrogen and oxygen atoms in total. The third-order valence-electron chi connectivity index (χ3n) is 3.25. The van der Waals surface area contributed by atoms with Crippen molar-refractivity contribution < 1.29 is 4.74 Å². The third-order valence-corrected chi connectivity index (χ3v) is 3.25. The zero-order chi connectivity index (χ0) is 13.4. The molecule has 0 heterocycles. The molecule has 1 aromatic carbocycles. The molecule has 102 valence electrons. The summed E-state index contributed by atoms with van der Waals surface area (Å²) < 4.78 is 5.15. The summed E-state index contributed by atoms with van der Waals surface area (Å²) in [5.41, 5.74) is 7.23. The van der Waals surface area contributed by atoms with Gasteiger partial charge in [0.15, 0.2) is 0 Å². The molecule has 0 aliphatic carbocycles. The number of nitrogens with zero attached hydrogens (tertiary/aromatic N) is 1. The molecule has 0 aliphatic heterocycles. The van der Waals surface area contributed by atoms with Crippen molar-refractivity contribution in [3.63, 3.8) is 0 Å². The van der Waals surface area contributed by atoms with Gasteiger partial charge in [-0.15, -0.1) is 0 Å². The Morgan fingerprint density at radius 3 is 2.50 bits per heavy atom. The Morgan fingerprint density at radius 2 is 1.94 bits per heavy atom. The first kappa shape index (κ1) is 15.0. The summed E-state index contributed by atoms with van der Waals surface area (Å²) >= 11 is 0. The second kappa shape index (κ2) is 8.11. The minimum absolute atomic E-state index is 0.361. The van der Waals surface area contributed by atoms with Crippen LogP contribution in [0.15, 0.2) is 24.3 Å². The first-order chi connectivity index (χ1) is 8.65. The standard InChI is InChI=1S/C15H26N2O/c1-4-14(16)6-5-11-17(2)12-13-7-9-15(18-3)10-8-13/h7-10,14H,4-6,11-12,16H2,1-3H3. The maximum Gasteiger partial charge on any atom is 0.118 e. The summed E-state index contributed by atoms with van der Waals surface area (Å²) in [5.74, 6) is 0.912. The molecule has 1 rings (SSSR count). The Hall–Kier alpha value is -1.06. The van der Waals surface area contributed by atoms with Gasteiger partial charge in [0.25, 0.3) is 0 Å². The highest BCUT2D eigenvalue weighted by atomic mass is 16.5. The number of nitrogens with two attached hydrogens (primary N) is 1. The van der Waals surface area contributed by atoms with Crippen LogP contribution in [0.25, 0.3) is 0 Å². The van der Waals surface area contributed by atoms with Gasteiger partial charge < -0.3 is 15.4 Å². The normalized spacial score (nSPS) is 12.7. The smallest absolute Gasteiger partial charge is 0.118 e. The topological polar surface area (TPSA) is 38.5 Å². The van der Waals surface area contributed by atoms with E-state index in [1.165, 1.54) is 12.0 Å². The van der Waals surface area contributed by atoms with Gasteiger partial charge in [0.1, 0.15) is 5.75 Å². The van der Waals surface area contributed by atoms with Crippen molar-refractivity contribution in [2.75, 3.05) is 20.7 Å². The van der Waals surface area contributed by atoms with Crippen LogP contribution < -0.4 is 10.5 Å². The Kier molecular flexibility index (Phi) is 6.76. The van der Waals surface area contributed by atoms with Crippen LogP contribution in [0.1, 0.15) is 31.7 Å². The lowest BCUT2D eigenvalue weighted by Crippen LogP contribution is -2.23. The van der Waals surface area contributed by atoms with Crippen molar-refractivity contribution in [1.82, 2.24) is 4.90 Å². The number of methoxy groups -OCH3 is 1. The molecule has 0 amide bonds. The monoisotopic (exact) mass is 250 g/mol. The molecule has 0 bridgehead atoms. The Balaban J connectivity index is 2.28. The molecule has 1 unspecified atom stereocenters. The van der Waals surface area contributed by atoms with Crippen LogP contribution in [0, 0.1) is 0 Å². The van der Waals surface area contributed by atoms with Gasteiger partial charge in [-0.05, 0) is 50.6 Å². The molecule has 0 spiro atoms. The Morgan fingerprint density at radius 1 is 1.28 bits per heavy atom. The summed E-state index contributed by atoms with van der Waals surface area (Å²) in [4.78, 5) is 2.34. The number of hydrogen-bond donors (Lipinski definition) is 1. The molecule has 18 heavy (non-hydrogen) atoms. The van der Waals surface area contributed by atoms with E-state index in [-0.39, 0.29) is 0 Å².